The summed E-state index contributed by atoms with van der Waals surface area (Å²) in [4.78, 5) is 28.8. The molecule has 1 aromatic carbocycles. The van der Waals surface area contributed by atoms with E-state index in [9.17, 15) is 9.59 Å². The molecule has 0 bridgehead atoms. The molecule has 2 amide bonds. The number of benzene rings is 1. The van der Waals surface area contributed by atoms with E-state index < -0.39 is 6.04 Å². The fraction of sp³-hybridized carbons (Fsp3) is 0.600. The van der Waals surface area contributed by atoms with Crippen LogP contribution >= 0.6 is 24.8 Å². The lowest BCUT2D eigenvalue weighted by atomic mass is 9.92. The van der Waals surface area contributed by atoms with Gasteiger partial charge < -0.3 is 20.7 Å². The first-order chi connectivity index (χ1) is 13.1. The molecule has 9 heteroatoms. The summed E-state index contributed by atoms with van der Waals surface area (Å²) >= 11 is 0. The molecule has 0 saturated carbocycles. The maximum absolute atomic E-state index is 12.4. The molecule has 164 valence electrons. The van der Waals surface area contributed by atoms with Gasteiger partial charge in [-0.25, -0.2) is 0 Å². The van der Waals surface area contributed by atoms with Crippen molar-refractivity contribution in [1.29, 1.82) is 0 Å². The number of halogens is 2. The lowest BCUT2D eigenvalue weighted by molar-refractivity contribution is -0.135. The van der Waals surface area contributed by atoms with Crippen molar-refractivity contribution in [2.45, 2.75) is 25.4 Å². The standard InChI is InChI=1S/C20H30N4O3.2ClH/c21-19(17-6-12-27-13-7-17)20(26)22-14-18(25)24-10-8-23(9-11-24)15-16-4-2-1-3-5-16;;/h1-5,17,19H,6-15,21H2,(H,22,26);2*1H. The smallest absolute Gasteiger partial charge is 0.242 e. The van der Waals surface area contributed by atoms with Crippen LogP contribution in [-0.4, -0.2) is 73.6 Å². The molecular weight excluding hydrogens is 415 g/mol. The third-order valence-corrected chi connectivity index (χ3v) is 5.46. The van der Waals surface area contributed by atoms with Crippen LogP contribution in [0.4, 0.5) is 0 Å². The number of amides is 2. The predicted molar refractivity (Wildman–Crippen MR) is 117 cm³/mol. The molecular formula is C20H32Cl2N4O3. The van der Waals surface area contributed by atoms with E-state index >= 15 is 0 Å². The third-order valence-electron chi connectivity index (χ3n) is 5.46. The number of ether oxygens (including phenoxy) is 1. The Morgan fingerprint density at radius 3 is 2.31 bits per heavy atom. The Morgan fingerprint density at radius 2 is 1.69 bits per heavy atom. The second-order valence-electron chi connectivity index (χ2n) is 7.34. The number of piperazine rings is 1. The van der Waals surface area contributed by atoms with Crippen LogP contribution in [0.15, 0.2) is 30.3 Å². The fourth-order valence-corrected chi connectivity index (χ4v) is 3.68. The SMILES string of the molecule is Cl.Cl.NC(C(=O)NCC(=O)N1CCN(Cc2ccccc2)CC1)C1CCOCC1. The summed E-state index contributed by atoms with van der Waals surface area (Å²) in [5.74, 6) is -0.143. The van der Waals surface area contributed by atoms with Crippen molar-refractivity contribution in [3.05, 3.63) is 35.9 Å². The van der Waals surface area contributed by atoms with Gasteiger partial charge >= 0.3 is 0 Å². The molecule has 2 fully saturated rings. The van der Waals surface area contributed by atoms with Gasteiger partial charge in [0.1, 0.15) is 0 Å². The molecule has 0 radical (unpaired) electrons. The van der Waals surface area contributed by atoms with Crippen molar-refractivity contribution in [1.82, 2.24) is 15.1 Å². The molecule has 0 aliphatic carbocycles. The highest BCUT2D eigenvalue weighted by atomic mass is 35.5. The summed E-state index contributed by atoms with van der Waals surface area (Å²) in [5, 5.41) is 2.72. The normalized spacial score (nSPS) is 18.9. The van der Waals surface area contributed by atoms with Crippen LogP contribution in [0.3, 0.4) is 0 Å². The third kappa shape index (κ3) is 7.75. The maximum atomic E-state index is 12.4. The Bertz CT molecular complexity index is 621. The van der Waals surface area contributed by atoms with Crippen LogP contribution < -0.4 is 11.1 Å². The van der Waals surface area contributed by atoms with Gasteiger partial charge in [0.2, 0.25) is 11.8 Å². The summed E-state index contributed by atoms with van der Waals surface area (Å²) in [6.45, 7) is 5.29. The highest BCUT2D eigenvalue weighted by molar-refractivity contribution is 5.87. The molecule has 2 aliphatic heterocycles. The second-order valence-corrected chi connectivity index (χ2v) is 7.34. The first-order valence-electron chi connectivity index (χ1n) is 9.78. The average Bonchev–Trinajstić information content (AvgIpc) is 2.73. The average molecular weight is 447 g/mol. The molecule has 0 aromatic heterocycles. The quantitative estimate of drug-likeness (QED) is 0.681. The summed E-state index contributed by atoms with van der Waals surface area (Å²) in [6, 6.07) is 9.78. The number of hydrogen-bond donors (Lipinski definition) is 2. The number of hydrogen-bond acceptors (Lipinski definition) is 5. The van der Waals surface area contributed by atoms with Gasteiger partial charge in [0, 0.05) is 45.9 Å². The van der Waals surface area contributed by atoms with Gasteiger partial charge in [0.05, 0.1) is 12.6 Å². The van der Waals surface area contributed by atoms with Gasteiger partial charge in [-0.15, -0.1) is 24.8 Å². The molecule has 1 atom stereocenters. The van der Waals surface area contributed by atoms with Crippen LogP contribution in [0.5, 0.6) is 0 Å². The first kappa shape index (κ1) is 25.7. The zero-order chi connectivity index (χ0) is 19.1. The predicted octanol–water partition coefficient (Wildman–Crippen LogP) is 1.04. The lowest BCUT2D eigenvalue weighted by Gasteiger charge is -2.35. The minimum Gasteiger partial charge on any atom is -0.381 e. The zero-order valence-electron chi connectivity index (χ0n) is 16.6. The largest absolute Gasteiger partial charge is 0.381 e. The van der Waals surface area contributed by atoms with Gasteiger partial charge in [-0.1, -0.05) is 30.3 Å². The molecule has 1 aromatic rings. The summed E-state index contributed by atoms with van der Waals surface area (Å²) in [5.41, 5.74) is 7.33. The topological polar surface area (TPSA) is 87.9 Å². The summed E-state index contributed by atoms with van der Waals surface area (Å²) in [7, 11) is 0. The van der Waals surface area contributed by atoms with Crippen LogP contribution in [-0.2, 0) is 20.9 Å². The van der Waals surface area contributed by atoms with E-state index in [1.165, 1.54) is 5.56 Å². The van der Waals surface area contributed by atoms with Crippen molar-refractivity contribution < 1.29 is 14.3 Å². The van der Waals surface area contributed by atoms with Gasteiger partial charge in [0.25, 0.3) is 0 Å². The van der Waals surface area contributed by atoms with Crippen molar-refractivity contribution in [2.75, 3.05) is 45.9 Å². The van der Waals surface area contributed by atoms with Crippen molar-refractivity contribution >= 4 is 36.6 Å². The minimum absolute atomic E-state index is 0. The second kappa shape index (κ2) is 13.0. The summed E-state index contributed by atoms with van der Waals surface area (Å²) < 4.78 is 5.30. The van der Waals surface area contributed by atoms with E-state index in [-0.39, 0.29) is 49.1 Å². The van der Waals surface area contributed by atoms with Crippen molar-refractivity contribution in [3.63, 3.8) is 0 Å². The highest BCUT2D eigenvalue weighted by Crippen LogP contribution is 2.17. The van der Waals surface area contributed by atoms with E-state index in [1.807, 2.05) is 23.1 Å². The molecule has 7 nitrogen and oxygen atoms in total. The van der Waals surface area contributed by atoms with Crippen LogP contribution in [0.25, 0.3) is 0 Å². The first-order valence-corrected chi connectivity index (χ1v) is 9.78. The maximum Gasteiger partial charge on any atom is 0.242 e. The van der Waals surface area contributed by atoms with E-state index in [0.29, 0.717) is 26.3 Å². The Labute approximate surface area is 185 Å². The molecule has 2 aliphatic rings. The van der Waals surface area contributed by atoms with Gasteiger partial charge in [-0.3, -0.25) is 14.5 Å². The zero-order valence-corrected chi connectivity index (χ0v) is 18.3. The minimum atomic E-state index is -0.565. The van der Waals surface area contributed by atoms with Gasteiger partial charge in [0.15, 0.2) is 0 Å². The van der Waals surface area contributed by atoms with Crippen LogP contribution in [0.2, 0.25) is 0 Å². The van der Waals surface area contributed by atoms with Crippen LogP contribution in [0, 0.1) is 5.92 Å². The summed E-state index contributed by atoms with van der Waals surface area (Å²) in [6.07, 6.45) is 1.60. The number of nitrogens with one attached hydrogen (secondary N) is 1. The van der Waals surface area contributed by atoms with E-state index in [4.69, 9.17) is 10.5 Å². The van der Waals surface area contributed by atoms with E-state index in [2.05, 4.69) is 22.3 Å². The molecule has 29 heavy (non-hydrogen) atoms. The molecule has 2 saturated heterocycles. The highest BCUT2D eigenvalue weighted by Gasteiger charge is 2.27. The monoisotopic (exact) mass is 446 g/mol. The van der Waals surface area contributed by atoms with E-state index in [1.54, 1.807) is 0 Å². The Morgan fingerprint density at radius 1 is 1.07 bits per heavy atom. The van der Waals surface area contributed by atoms with Gasteiger partial charge in [-0.2, -0.15) is 0 Å². The Kier molecular flexibility index (Phi) is 11.5. The fourth-order valence-electron chi connectivity index (χ4n) is 3.68. The number of nitrogens with zero attached hydrogens (tertiary/aromatic N) is 2. The lowest BCUT2D eigenvalue weighted by Crippen LogP contribution is -2.53. The van der Waals surface area contributed by atoms with E-state index in [0.717, 1.165) is 32.5 Å². The molecule has 1 unspecified atom stereocenters. The van der Waals surface area contributed by atoms with Gasteiger partial charge in [-0.05, 0) is 24.3 Å². The van der Waals surface area contributed by atoms with Crippen molar-refractivity contribution in [3.8, 4) is 0 Å². The molecule has 3 N–H and O–H groups in total. The molecule has 2 heterocycles. The number of nitrogens with two attached hydrogens (primary N) is 1. The molecule has 3 rings (SSSR count). The Balaban J connectivity index is 0.00000210. The van der Waals surface area contributed by atoms with Crippen molar-refractivity contribution in [2.24, 2.45) is 11.7 Å². The van der Waals surface area contributed by atoms with Crippen LogP contribution in [0.1, 0.15) is 18.4 Å². The molecule has 0 spiro atoms. The Hall–Kier alpha value is -1.38. The number of rotatable bonds is 6. The number of carbonyl (C=O) groups excluding carboxylic acids is 2. The number of carbonyl (C=O) groups is 2.